The van der Waals surface area contributed by atoms with Crippen LogP contribution in [-0.2, 0) is 22.2 Å². The zero-order valence-electron chi connectivity index (χ0n) is 17.0. The molecule has 2 aromatic rings. The monoisotopic (exact) mass is 403 g/mol. The number of aromatic nitrogens is 1. The van der Waals surface area contributed by atoms with Crippen LogP contribution in [0.1, 0.15) is 57.4 Å². The normalized spacial score (nSPS) is 17.0. The van der Waals surface area contributed by atoms with Crippen LogP contribution in [-0.4, -0.2) is 29.3 Å². The summed E-state index contributed by atoms with van der Waals surface area (Å²) in [7, 11) is 0. The molecule has 1 aromatic heterocycles. The third kappa shape index (κ3) is 4.71. The minimum atomic E-state index is -0.315. The topological polar surface area (TPSA) is 83.5 Å². The first kappa shape index (κ1) is 20.8. The Morgan fingerprint density at radius 3 is 2.61 bits per heavy atom. The Labute approximate surface area is 170 Å². The summed E-state index contributed by atoms with van der Waals surface area (Å²) in [5, 5.41) is 16.8. The number of hydrogen-bond acceptors (Lipinski definition) is 5. The highest BCUT2D eigenvalue weighted by molar-refractivity contribution is 7.13. The molecule has 6 nitrogen and oxygen atoms in total. The fourth-order valence-electron chi connectivity index (χ4n) is 3.60. The summed E-state index contributed by atoms with van der Waals surface area (Å²) < 4.78 is 5.24. The van der Waals surface area contributed by atoms with Crippen LogP contribution >= 0.6 is 11.3 Å². The van der Waals surface area contributed by atoms with Gasteiger partial charge in [0.2, 0.25) is 0 Å². The van der Waals surface area contributed by atoms with Gasteiger partial charge in [-0.25, -0.2) is 9.78 Å². The van der Waals surface area contributed by atoms with Crippen molar-refractivity contribution in [3.8, 4) is 0 Å². The largest absolute Gasteiger partial charge is 0.394 e. The second-order valence-electron chi connectivity index (χ2n) is 8.53. The lowest BCUT2D eigenvalue weighted by Crippen LogP contribution is -2.34. The third-order valence-corrected chi connectivity index (χ3v) is 6.18. The van der Waals surface area contributed by atoms with E-state index in [4.69, 9.17) is 9.84 Å². The van der Waals surface area contributed by atoms with E-state index in [-0.39, 0.29) is 30.1 Å². The molecule has 0 saturated carbocycles. The van der Waals surface area contributed by atoms with E-state index in [9.17, 15) is 4.79 Å². The molecule has 0 unspecified atom stereocenters. The fourth-order valence-corrected chi connectivity index (χ4v) is 4.29. The van der Waals surface area contributed by atoms with Crippen molar-refractivity contribution in [1.29, 1.82) is 0 Å². The first-order valence-corrected chi connectivity index (χ1v) is 10.5. The molecule has 0 spiro atoms. The van der Waals surface area contributed by atoms with Crippen LogP contribution in [0, 0.1) is 0 Å². The summed E-state index contributed by atoms with van der Waals surface area (Å²) >= 11 is 1.34. The van der Waals surface area contributed by atoms with Crippen molar-refractivity contribution in [3.05, 3.63) is 40.4 Å². The lowest BCUT2D eigenvalue weighted by molar-refractivity contribution is 0.0800. The lowest BCUT2D eigenvalue weighted by atomic mass is 9.63. The molecular formula is C21H29N3O3S. The molecule has 0 atom stereocenters. The summed E-state index contributed by atoms with van der Waals surface area (Å²) in [6, 6.07) is 5.90. The maximum atomic E-state index is 12.4. The average molecular weight is 404 g/mol. The molecule has 0 aliphatic heterocycles. The molecule has 28 heavy (non-hydrogen) atoms. The van der Waals surface area contributed by atoms with E-state index < -0.39 is 0 Å². The maximum Gasteiger partial charge on any atom is 0.325 e. The highest BCUT2D eigenvalue weighted by atomic mass is 32.1. The third-order valence-electron chi connectivity index (χ3n) is 5.37. The highest BCUT2D eigenvalue weighted by Crippen LogP contribution is 2.46. The van der Waals surface area contributed by atoms with Gasteiger partial charge in [0.1, 0.15) is 0 Å². The molecule has 1 aromatic carbocycles. The van der Waals surface area contributed by atoms with Crippen molar-refractivity contribution < 1.29 is 14.6 Å². The molecule has 152 valence electrons. The highest BCUT2D eigenvalue weighted by Gasteiger charge is 2.37. The summed E-state index contributed by atoms with van der Waals surface area (Å²) in [6.45, 7) is 9.66. The number of rotatable bonds is 6. The number of nitrogens with one attached hydrogen (secondary N) is 2. The number of ether oxygens (including phenoxy) is 1. The predicted octanol–water partition coefficient (Wildman–Crippen LogP) is 4.65. The number of aliphatic hydroxyl groups excluding tert-OH is 1. The van der Waals surface area contributed by atoms with Crippen molar-refractivity contribution in [2.75, 3.05) is 23.8 Å². The van der Waals surface area contributed by atoms with E-state index >= 15 is 0 Å². The van der Waals surface area contributed by atoms with Gasteiger partial charge in [-0.1, -0.05) is 33.8 Å². The van der Waals surface area contributed by atoms with Crippen LogP contribution in [0.15, 0.2) is 23.6 Å². The molecule has 1 heterocycles. The molecule has 3 rings (SSSR count). The van der Waals surface area contributed by atoms with Gasteiger partial charge in [-0.3, -0.25) is 5.32 Å². The van der Waals surface area contributed by atoms with Gasteiger partial charge in [-0.15, -0.1) is 11.3 Å². The average Bonchev–Trinajstić information content (AvgIpc) is 3.06. The van der Waals surface area contributed by atoms with Gasteiger partial charge in [0.05, 0.1) is 25.5 Å². The molecule has 0 saturated heterocycles. The quantitative estimate of drug-likeness (QED) is 0.613. The summed E-state index contributed by atoms with van der Waals surface area (Å²) in [5.74, 6) is 0. The fraction of sp³-hybridized carbons (Fsp3) is 0.524. The zero-order chi connectivity index (χ0) is 20.4. The molecular weight excluding hydrogens is 374 g/mol. The Hall–Kier alpha value is -1.96. The van der Waals surface area contributed by atoms with Crippen LogP contribution < -0.4 is 10.6 Å². The second-order valence-corrected chi connectivity index (χ2v) is 9.39. The van der Waals surface area contributed by atoms with Gasteiger partial charge in [-0.05, 0) is 46.9 Å². The molecule has 3 N–H and O–H groups in total. The van der Waals surface area contributed by atoms with Crippen LogP contribution in [0.4, 0.5) is 15.6 Å². The Kier molecular flexibility index (Phi) is 6.07. The summed E-state index contributed by atoms with van der Waals surface area (Å²) in [6.07, 6.45) is 2.29. The number of hydrogen-bond donors (Lipinski definition) is 3. The van der Waals surface area contributed by atoms with Gasteiger partial charge in [0.25, 0.3) is 0 Å². The number of carbonyl (C=O) groups excluding carboxylic acids is 1. The molecule has 1 aliphatic rings. The number of thiazole rings is 1. The van der Waals surface area contributed by atoms with Crippen LogP contribution in [0.2, 0.25) is 0 Å². The minimum absolute atomic E-state index is 0.0214. The Bertz CT molecular complexity index is 845. The van der Waals surface area contributed by atoms with Crippen LogP contribution in [0.3, 0.4) is 0 Å². The molecule has 2 amide bonds. The number of carbonyl (C=O) groups is 1. The van der Waals surface area contributed by atoms with Crippen molar-refractivity contribution >= 4 is 28.2 Å². The number of nitrogens with zero attached hydrogens (tertiary/aromatic N) is 1. The summed E-state index contributed by atoms with van der Waals surface area (Å²) in [4.78, 5) is 16.7. The molecule has 7 heteroatoms. The molecule has 1 aliphatic carbocycles. The van der Waals surface area contributed by atoms with E-state index in [1.807, 2.05) is 11.4 Å². The van der Waals surface area contributed by atoms with Gasteiger partial charge in [-0.2, -0.15) is 0 Å². The van der Waals surface area contributed by atoms with Crippen molar-refractivity contribution in [3.63, 3.8) is 0 Å². The smallest absolute Gasteiger partial charge is 0.325 e. The van der Waals surface area contributed by atoms with Gasteiger partial charge in [0, 0.05) is 11.1 Å². The van der Waals surface area contributed by atoms with Crippen molar-refractivity contribution in [1.82, 2.24) is 4.98 Å². The van der Waals surface area contributed by atoms with Gasteiger partial charge >= 0.3 is 6.03 Å². The van der Waals surface area contributed by atoms with E-state index in [0.717, 1.165) is 24.2 Å². The SMILES string of the molecule is CC1(C)CCC(C)(C)c2cc(NC(=O)Nc3nc(COCCO)cs3)ccc21. The number of benzene rings is 1. The number of anilines is 2. The van der Waals surface area contributed by atoms with Crippen LogP contribution in [0.5, 0.6) is 0 Å². The minimum Gasteiger partial charge on any atom is -0.394 e. The second kappa shape index (κ2) is 8.19. The van der Waals surface area contributed by atoms with E-state index in [0.29, 0.717) is 11.7 Å². The standard InChI is InChI=1S/C21H29N3O3S/c1-20(2)7-8-21(3,4)17-11-14(5-6-16(17)20)22-18(26)24-19-23-15(13-28-19)12-27-10-9-25/h5-6,11,13,25H,7-10,12H2,1-4H3,(H2,22,23,24,26). The maximum absolute atomic E-state index is 12.4. The van der Waals surface area contributed by atoms with Crippen LogP contribution in [0.25, 0.3) is 0 Å². The van der Waals surface area contributed by atoms with Gasteiger partial charge in [0.15, 0.2) is 5.13 Å². The van der Waals surface area contributed by atoms with Gasteiger partial charge < -0.3 is 15.2 Å². The zero-order valence-corrected chi connectivity index (χ0v) is 17.8. The number of fused-ring (bicyclic) bond motifs is 1. The van der Waals surface area contributed by atoms with E-state index in [1.165, 1.54) is 22.5 Å². The molecule has 0 radical (unpaired) electrons. The first-order valence-electron chi connectivity index (χ1n) is 9.57. The molecule has 0 fully saturated rings. The van der Waals surface area contributed by atoms with Crippen molar-refractivity contribution in [2.24, 2.45) is 0 Å². The van der Waals surface area contributed by atoms with Crippen molar-refractivity contribution in [2.45, 2.75) is 58.0 Å². The Morgan fingerprint density at radius 2 is 1.89 bits per heavy atom. The number of urea groups is 1. The number of amides is 2. The Balaban J connectivity index is 1.67. The lowest BCUT2D eigenvalue weighted by Gasteiger charge is -2.42. The van der Waals surface area contributed by atoms with E-state index in [1.54, 1.807) is 0 Å². The van der Waals surface area contributed by atoms with E-state index in [2.05, 4.69) is 55.4 Å². The first-order chi connectivity index (χ1) is 13.2. The Morgan fingerprint density at radius 1 is 1.18 bits per heavy atom. The predicted molar refractivity (Wildman–Crippen MR) is 113 cm³/mol. The number of aliphatic hydroxyl groups is 1. The summed E-state index contributed by atoms with van der Waals surface area (Å²) in [5.41, 5.74) is 4.43. The molecule has 0 bridgehead atoms.